The van der Waals surface area contributed by atoms with Crippen molar-refractivity contribution in [2.45, 2.75) is 38.7 Å². The number of methoxy groups -OCH3 is 1. The highest BCUT2D eigenvalue weighted by Crippen LogP contribution is 2.45. The first-order valence-corrected chi connectivity index (χ1v) is 5.97. The smallest absolute Gasteiger partial charge is 0.256 e. The highest BCUT2D eigenvalue weighted by Gasteiger charge is 2.48. The summed E-state index contributed by atoms with van der Waals surface area (Å²) in [6.45, 7) is 3.65. The number of alkyl halides is 2. The zero-order valence-electron chi connectivity index (χ0n) is 10.7. The highest BCUT2D eigenvalue weighted by atomic mass is 19.3. The summed E-state index contributed by atoms with van der Waals surface area (Å²) >= 11 is 0. The summed E-state index contributed by atoms with van der Waals surface area (Å²) < 4.78 is 36.4. The first-order valence-electron chi connectivity index (χ1n) is 5.97. The van der Waals surface area contributed by atoms with Crippen molar-refractivity contribution in [1.82, 2.24) is 4.98 Å². The van der Waals surface area contributed by atoms with E-state index in [1.807, 2.05) is 6.92 Å². The highest BCUT2D eigenvalue weighted by molar-refractivity contribution is 5.34. The van der Waals surface area contributed by atoms with Gasteiger partial charge in [0.05, 0.1) is 13.2 Å². The Labute approximate surface area is 105 Å². The summed E-state index contributed by atoms with van der Waals surface area (Å²) in [6, 6.07) is 3.56. The van der Waals surface area contributed by atoms with Gasteiger partial charge in [-0.3, -0.25) is 0 Å². The zero-order chi connectivity index (χ0) is 13.3. The number of hydrogen-bond acceptors (Lipinski definition) is 3. The third kappa shape index (κ3) is 2.71. The van der Waals surface area contributed by atoms with Gasteiger partial charge in [-0.25, -0.2) is 13.8 Å². The molecule has 0 radical (unpaired) electrons. The van der Waals surface area contributed by atoms with Crippen LogP contribution in [0.2, 0.25) is 0 Å². The summed E-state index contributed by atoms with van der Waals surface area (Å²) in [5, 5.41) is 0. The molecule has 1 unspecified atom stereocenters. The van der Waals surface area contributed by atoms with Crippen LogP contribution in [0.5, 0.6) is 11.6 Å². The minimum Gasteiger partial charge on any atom is -0.485 e. The van der Waals surface area contributed by atoms with Crippen molar-refractivity contribution in [3.05, 3.63) is 17.8 Å². The van der Waals surface area contributed by atoms with Crippen molar-refractivity contribution in [1.29, 1.82) is 0 Å². The van der Waals surface area contributed by atoms with Crippen molar-refractivity contribution in [2.75, 3.05) is 7.11 Å². The van der Waals surface area contributed by atoms with Crippen LogP contribution in [0.25, 0.3) is 0 Å². The molecule has 18 heavy (non-hydrogen) atoms. The third-order valence-corrected chi connectivity index (χ3v) is 3.26. The Balaban J connectivity index is 2.01. The van der Waals surface area contributed by atoms with E-state index in [0.717, 1.165) is 5.69 Å². The molecule has 1 fully saturated rings. The summed E-state index contributed by atoms with van der Waals surface area (Å²) in [5.74, 6) is -1.72. The molecule has 0 N–H and O–H groups in total. The van der Waals surface area contributed by atoms with Gasteiger partial charge in [0.25, 0.3) is 5.88 Å². The molecule has 1 aliphatic rings. The third-order valence-electron chi connectivity index (χ3n) is 3.26. The largest absolute Gasteiger partial charge is 0.485 e. The van der Waals surface area contributed by atoms with E-state index in [2.05, 4.69) is 4.98 Å². The predicted molar refractivity (Wildman–Crippen MR) is 63.3 cm³/mol. The van der Waals surface area contributed by atoms with Crippen LogP contribution < -0.4 is 9.47 Å². The number of aryl methyl sites for hydroxylation is 1. The summed E-state index contributed by atoms with van der Waals surface area (Å²) in [5.41, 5.74) is 0.821. The van der Waals surface area contributed by atoms with Crippen LogP contribution in [0, 0.1) is 12.8 Å². The standard InChI is InChI=1S/C13H17F2NO2/c1-8-4-5-11(12(16-8)17-3)18-9(2)10-6-13(14,15)7-10/h4-5,9-10H,6-7H2,1-3H3. The van der Waals surface area contributed by atoms with Crippen LogP contribution in [0.15, 0.2) is 12.1 Å². The zero-order valence-corrected chi connectivity index (χ0v) is 10.7. The molecule has 0 saturated heterocycles. The molecule has 1 aliphatic carbocycles. The lowest BCUT2D eigenvalue weighted by Gasteiger charge is -2.38. The van der Waals surface area contributed by atoms with Crippen LogP contribution in [-0.2, 0) is 0 Å². The molecule has 0 bridgehead atoms. The molecule has 0 amide bonds. The normalized spacial score (nSPS) is 20.1. The molecule has 1 aromatic rings. The van der Waals surface area contributed by atoms with Gasteiger partial charge in [0, 0.05) is 24.5 Å². The molecule has 1 saturated carbocycles. The second-order valence-electron chi connectivity index (χ2n) is 4.81. The molecule has 1 aromatic heterocycles. The number of nitrogens with zero attached hydrogens (tertiary/aromatic N) is 1. The van der Waals surface area contributed by atoms with Gasteiger partial charge < -0.3 is 9.47 Å². The van der Waals surface area contributed by atoms with Crippen molar-refractivity contribution in [2.24, 2.45) is 5.92 Å². The van der Waals surface area contributed by atoms with Gasteiger partial charge >= 0.3 is 0 Å². The Hall–Kier alpha value is -1.39. The first kappa shape index (κ1) is 13.1. The quantitative estimate of drug-likeness (QED) is 0.830. The Morgan fingerprint density at radius 3 is 2.61 bits per heavy atom. The van der Waals surface area contributed by atoms with Crippen LogP contribution in [0.1, 0.15) is 25.5 Å². The number of hydrogen-bond donors (Lipinski definition) is 0. The van der Waals surface area contributed by atoms with Gasteiger partial charge in [0.15, 0.2) is 5.75 Å². The van der Waals surface area contributed by atoms with E-state index in [1.54, 1.807) is 19.1 Å². The molecule has 1 heterocycles. The molecule has 2 rings (SSSR count). The number of rotatable bonds is 4. The average molecular weight is 257 g/mol. The monoisotopic (exact) mass is 257 g/mol. The van der Waals surface area contributed by atoms with E-state index in [9.17, 15) is 8.78 Å². The van der Waals surface area contributed by atoms with Gasteiger partial charge in [0.2, 0.25) is 5.92 Å². The second kappa shape index (κ2) is 4.71. The molecule has 1 atom stereocenters. The molecule has 0 aliphatic heterocycles. The van der Waals surface area contributed by atoms with Gasteiger partial charge in [-0.1, -0.05) is 0 Å². The topological polar surface area (TPSA) is 31.4 Å². The lowest BCUT2D eigenvalue weighted by Crippen LogP contribution is -2.43. The molecular weight excluding hydrogens is 240 g/mol. The number of ether oxygens (including phenoxy) is 2. The van der Waals surface area contributed by atoms with Gasteiger partial charge in [-0.15, -0.1) is 0 Å². The maximum atomic E-state index is 12.8. The Morgan fingerprint density at radius 1 is 1.39 bits per heavy atom. The molecule has 3 nitrogen and oxygen atoms in total. The van der Waals surface area contributed by atoms with E-state index < -0.39 is 5.92 Å². The SMILES string of the molecule is COc1nc(C)ccc1OC(C)C1CC(F)(F)C1. The van der Waals surface area contributed by atoms with Crippen LogP contribution in [0.3, 0.4) is 0 Å². The lowest BCUT2D eigenvalue weighted by molar-refractivity contribution is -0.134. The van der Waals surface area contributed by atoms with Gasteiger partial charge in [0.1, 0.15) is 0 Å². The lowest BCUT2D eigenvalue weighted by atomic mass is 9.78. The molecule has 0 spiro atoms. The fraction of sp³-hybridized carbons (Fsp3) is 0.615. The Morgan fingerprint density at radius 2 is 2.06 bits per heavy atom. The molecule has 0 aromatic carbocycles. The van der Waals surface area contributed by atoms with Crippen LogP contribution >= 0.6 is 0 Å². The Kier molecular flexibility index (Phi) is 3.41. The number of pyridine rings is 1. The minimum absolute atomic E-state index is 0.101. The maximum Gasteiger partial charge on any atom is 0.256 e. The summed E-state index contributed by atoms with van der Waals surface area (Å²) in [7, 11) is 1.51. The first-order chi connectivity index (χ1) is 8.41. The molecule has 100 valence electrons. The van der Waals surface area contributed by atoms with Crippen molar-refractivity contribution in [3.63, 3.8) is 0 Å². The van der Waals surface area contributed by atoms with E-state index in [-0.39, 0.29) is 24.9 Å². The fourth-order valence-electron chi connectivity index (χ4n) is 2.09. The summed E-state index contributed by atoms with van der Waals surface area (Å²) in [4.78, 5) is 4.18. The summed E-state index contributed by atoms with van der Waals surface area (Å²) in [6.07, 6.45) is -0.464. The predicted octanol–water partition coefficient (Wildman–Crippen LogP) is 3.21. The minimum atomic E-state index is -2.52. The van der Waals surface area contributed by atoms with Crippen molar-refractivity contribution in [3.8, 4) is 11.6 Å². The van der Waals surface area contributed by atoms with E-state index in [1.165, 1.54) is 7.11 Å². The van der Waals surface area contributed by atoms with Gasteiger partial charge in [-0.05, 0) is 26.0 Å². The van der Waals surface area contributed by atoms with E-state index >= 15 is 0 Å². The molecule has 5 heteroatoms. The number of aromatic nitrogens is 1. The second-order valence-corrected chi connectivity index (χ2v) is 4.81. The van der Waals surface area contributed by atoms with E-state index in [0.29, 0.717) is 11.6 Å². The molecular formula is C13H17F2NO2. The van der Waals surface area contributed by atoms with Gasteiger partial charge in [-0.2, -0.15) is 0 Å². The van der Waals surface area contributed by atoms with E-state index in [4.69, 9.17) is 9.47 Å². The van der Waals surface area contributed by atoms with Crippen molar-refractivity contribution >= 4 is 0 Å². The van der Waals surface area contributed by atoms with Crippen LogP contribution in [-0.4, -0.2) is 24.1 Å². The number of halogens is 2. The average Bonchev–Trinajstić information content (AvgIpc) is 2.28. The van der Waals surface area contributed by atoms with Crippen LogP contribution in [0.4, 0.5) is 8.78 Å². The van der Waals surface area contributed by atoms with Crippen molar-refractivity contribution < 1.29 is 18.3 Å². The fourth-order valence-corrected chi connectivity index (χ4v) is 2.09. The maximum absolute atomic E-state index is 12.8. The Bertz CT molecular complexity index is 429.